The molecule has 1 aromatic heterocycles. The topological polar surface area (TPSA) is 109 Å². The van der Waals surface area contributed by atoms with Crippen molar-refractivity contribution in [1.82, 2.24) is 9.88 Å². The number of nitro benzene ring substituents is 1. The second-order valence-corrected chi connectivity index (χ2v) is 8.97. The highest BCUT2D eigenvalue weighted by Crippen LogP contribution is 2.32. The number of hydrogen-bond acceptors (Lipinski definition) is 8. The molecule has 0 amide bonds. The molecule has 0 atom stereocenters. The summed E-state index contributed by atoms with van der Waals surface area (Å²) in [6.07, 6.45) is 2.70. The Hall–Kier alpha value is -2.72. The molecule has 156 valence electrons. The maximum atomic E-state index is 11.9. The van der Waals surface area contributed by atoms with Crippen LogP contribution in [-0.2, 0) is 16.4 Å². The van der Waals surface area contributed by atoms with Crippen LogP contribution in [0.25, 0.3) is 0 Å². The highest BCUT2D eigenvalue weighted by molar-refractivity contribution is 7.90. The van der Waals surface area contributed by atoms with E-state index in [1.807, 2.05) is 12.1 Å². The maximum absolute atomic E-state index is 11.9. The first-order chi connectivity index (χ1) is 13.8. The minimum atomic E-state index is -3.71. The number of hydrogen-bond donors (Lipinski definition) is 1. The van der Waals surface area contributed by atoms with Gasteiger partial charge in [-0.25, -0.2) is 13.4 Å². The van der Waals surface area contributed by atoms with Crippen LogP contribution >= 0.6 is 0 Å². The van der Waals surface area contributed by atoms with Gasteiger partial charge in [-0.3, -0.25) is 10.1 Å². The molecular weight excluding hydrogens is 394 g/mol. The Morgan fingerprint density at radius 2 is 1.90 bits per heavy atom. The molecule has 1 aliphatic rings. The zero-order chi connectivity index (χ0) is 21.0. The van der Waals surface area contributed by atoms with Gasteiger partial charge in [0.1, 0.15) is 16.4 Å². The number of anilines is 2. The lowest BCUT2D eigenvalue weighted by atomic mass is 10.2. The van der Waals surface area contributed by atoms with E-state index in [4.69, 9.17) is 0 Å². The van der Waals surface area contributed by atoms with E-state index < -0.39 is 20.4 Å². The number of nitro groups is 1. The monoisotopic (exact) mass is 419 g/mol. The fraction of sp³-hybridized carbons (Fsp3) is 0.421. The third-order valence-corrected chi connectivity index (χ3v) is 6.15. The van der Waals surface area contributed by atoms with E-state index in [0.29, 0.717) is 6.54 Å². The van der Waals surface area contributed by atoms with Crippen LogP contribution in [0, 0.1) is 10.1 Å². The average Bonchev–Trinajstić information content (AvgIpc) is 2.71. The van der Waals surface area contributed by atoms with Gasteiger partial charge < -0.3 is 15.1 Å². The maximum Gasteiger partial charge on any atom is 0.310 e. The quantitative estimate of drug-likeness (QED) is 0.537. The van der Waals surface area contributed by atoms with Crippen molar-refractivity contribution in [3.8, 4) is 0 Å². The summed E-state index contributed by atoms with van der Waals surface area (Å²) in [5.41, 5.74) is 0.575. The van der Waals surface area contributed by atoms with Gasteiger partial charge in [0.25, 0.3) is 0 Å². The molecule has 1 fully saturated rings. The Labute approximate surface area is 170 Å². The first kappa shape index (κ1) is 21.0. The molecule has 1 aliphatic heterocycles. The van der Waals surface area contributed by atoms with E-state index in [1.165, 1.54) is 18.2 Å². The van der Waals surface area contributed by atoms with E-state index >= 15 is 0 Å². The third-order valence-electron chi connectivity index (χ3n) is 5.02. The van der Waals surface area contributed by atoms with Gasteiger partial charge in [-0.1, -0.05) is 19.1 Å². The van der Waals surface area contributed by atoms with Gasteiger partial charge in [0.15, 0.2) is 9.84 Å². The minimum absolute atomic E-state index is 0.165. The Balaban J connectivity index is 1.70. The first-order valence-corrected chi connectivity index (χ1v) is 11.3. The van der Waals surface area contributed by atoms with Gasteiger partial charge in [-0.15, -0.1) is 0 Å². The zero-order valence-corrected chi connectivity index (χ0v) is 17.4. The van der Waals surface area contributed by atoms with Crippen LogP contribution in [0.1, 0.15) is 12.5 Å². The van der Waals surface area contributed by atoms with Crippen LogP contribution in [0.4, 0.5) is 17.2 Å². The summed E-state index contributed by atoms with van der Waals surface area (Å²) in [5, 5.41) is 14.4. The summed E-state index contributed by atoms with van der Waals surface area (Å²) in [6, 6.07) is 8.10. The average molecular weight is 420 g/mol. The van der Waals surface area contributed by atoms with Gasteiger partial charge >= 0.3 is 5.69 Å². The van der Waals surface area contributed by atoms with Gasteiger partial charge in [0.2, 0.25) is 0 Å². The van der Waals surface area contributed by atoms with Gasteiger partial charge in [-0.05, 0) is 30.3 Å². The smallest absolute Gasteiger partial charge is 0.310 e. The number of piperazine rings is 1. The predicted molar refractivity (Wildman–Crippen MR) is 112 cm³/mol. The predicted octanol–water partition coefficient (Wildman–Crippen LogP) is 2.15. The first-order valence-electron chi connectivity index (χ1n) is 9.43. The molecule has 1 saturated heterocycles. The van der Waals surface area contributed by atoms with Gasteiger partial charge in [-0.2, -0.15) is 0 Å². The van der Waals surface area contributed by atoms with Crippen molar-refractivity contribution in [3.05, 3.63) is 52.2 Å². The van der Waals surface area contributed by atoms with Crippen molar-refractivity contribution in [2.24, 2.45) is 0 Å². The molecule has 3 rings (SSSR count). The molecule has 0 unspecified atom stereocenters. The van der Waals surface area contributed by atoms with Crippen molar-refractivity contribution in [1.29, 1.82) is 0 Å². The summed E-state index contributed by atoms with van der Waals surface area (Å²) in [7, 11) is -3.71. The molecule has 1 N–H and O–H groups in total. The van der Waals surface area contributed by atoms with Crippen molar-refractivity contribution in [3.63, 3.8) is 0 Å². The number of benzene rings is 1. The zero-order valence-electron chi connectivity index (χ0n) is 16.5. The van der Waals surface area contributed by atoms with Crippen molar-refractivity contribution < 1.29 is 13.3 Å². The molecule has 10 heteroatoms. The van der Waals surface area contributed by atoms with Crippen LogP contribution < -0.4 is 10.2 Å². The van der Waals surface area contributed by atoms with Crippen molar-refractivity contribution in [2.45, 2.75) is 18.4 Å². The highest BCUT2D eigenvalue weighted by atomic mass is 32.2. The van der Waals surface area contributed by atoms with Gasteiger partial charge in [0.05, 0.1) is 4.92 Å². The second kappa shape index (κ2) is 8.75. The van der Waals surface area contributed by atoms with Crippen LogP contribution in [0.3, 0.4) is 0 Å². The molecular formula is C19H25N5O4S. The molecule has 2 heterocycles. The van der Waals surface area contributed by atoms with Crippen LogP contribution in [0.15, 0.2) is 41.4 Å². The SMILES string of the molecule is CCN1CCN(c2ccc(CNc3cccc(S(C)(=O)=O)c3[N+](=O)[O-])cn2)CC1. The Morgan fingerprint density at radius 3 is 2.45 bits per heavy atom. The number of nitrogens with one attached hydrogen (secondary N) is 1. The molecule has 0 spiro atoms. The highest BCUT2D eigenvalue weighted by Gasteiger charge is 2.26. The fourth-order valence-electron chi connectivity index (χ4n) is 3.35. The standard InChI is InChI=1S/C19H25N5O4S/c1-3-22-9-11-23(12-10-22)18-8-7-15(14-21-18)13-20-16-5-4-6-17(29(2,27)28)19(16)24(25)26/h4-8,14,20H,3,9-13H2,1-2H3. The Bertz CT molecular complexity index is 971. The van der Waals surface area contributed by atoms with Crippen molar-refractivity contribution in [2.75, 3.05) is 49.2 Å². The molecule has 29 heavy (non-hydrogen) atoms. The fourth-order valence-corrected chi connectivity index (χ4v) is 4.21. The van der Waals surface area contributed by atoms with Crippen LogP contribution in [0.5, 0.6) is 0 Å². The summed E-state index contributed by atoms with van der Waals surface area (Å²) in [4.78, 5) is 19.6. The molecule has 9 nitrogen and oxygen atoms in total. The number of pyridine rings is 1. The largest absolute Gasteiger partial charge is 0.375 e. The van der Waals surface area contributed by atoms with E-state index in [0.717, 1.165) is 50.4 Å². The summed E-state index contributed by atoms with van der Waals surface area (Å²) in [6.45, 7) is 7.41. The van der Waals surface area contributed by atoms with Crippen LogP contribution in [-0.4, -0.2) is 62.2 Å². The Kier molecular flexibility index (Phi) is 6.33. The lowest BCUT2D eigenvalue weighted by Gasteiger charge is -2.34. The van der Waals surface area contributed by atoms with Crippen molar-refractivity contribution >= 4 is 27.0 Å². The normalized spacial score (nSPS) is 15.3. The lowest BCUT2D eigenvalue weighted by molar-refractivity contribution is -0.386. The minimum Gasteiger partial charge on any atom is -0.375 e. The Morgan fingerprint density at radius 1 is 1.17 bits per heavy atom. The van der Waals surface area contributed by atoms with E-state index in [1.54, 1.807) is 6.20 Å². The number of likely N-dealkylation sites (N-methyl/N-ethyl adjacent to an activating group) is 1. The summed E-state index contributed by atoms with van der Waals surface area (Å²) >= 11 is 0. The molecule has 0 saturated carbocycles. The number of sulfone groups is 1. The number of aromatic nitrogens is 1. The van der Waals surface area contributed by atoms with Crippen LogP contribution in [0.2, 0.25) is 0 Å². The number of para-hydroxylation sites is 1. The summed E-state index contributed by atoms with van der Waals surface area (Å²) < 4.78 is 23.7. The number of nitrogens with zero attached hydrogens (tertiary/aromatic N) is 4. The molecule has 0 aliphatic carbocycles. The van der Waals surface area contributed by atoms with Gasteiger partial charge in [0, 0.05) is 45.2 Å². The second-order valence-electron chi connectivity index (χ2n) is 6.98. The number of rotatable bonds is 7. The lowest BCUT2D eigenvalue weighted by Crippen LogP contribution is -2.46. The van der Waals surface area contributed by atoms with E-state index in [-0.39, 0.29) is 10.6 Å². The molecule has 2 aromatic rings. The molecule has 1 aromatic carbocycles. The molecule has 0 bridgehead atoms. The molecule has 0 radical (unpaired) electrons. The van der Waals surface area contributed by atoms with E-state index in [9.17, 15) is 18.5 Å². The third kappa shape index (κ3) is 5.01. The van der Waals surface area contributed by atoms with E-state index in [2.05, 4.69) is 27.0 Å². The summed E-state index contributed by atoms with van der Waals surface area (Å²) in [5.74, 6) is 0.912.